The molecule has 0 aliphatic rings. The van der Waals surface area contributed by atoms with Gasteiger partial charge in [-0.1, -0.05) is 13.0 Å². The molecule has 0 saturated carbocycles. The average Bonchev–Trinajstić information content (AvgIpc) is 2.45. The van der Waals surface area contributed by atoms with Crippen LogP contribution in [0.3, 0.4) is 0 Å². The maximum atomic E-state index is 5.53. The molecule has 0 aliphatic heterocycles. The van der Waals surface area contributed by atoms with Gasteiger partial charge in [0.05, 0.1) is 5.52 Å². The molecule has 2 heterocycles. The van der Waals surface area contributed by atoms with E-state index in [1.807, 2.05) is 6.20 Å². The number of aromatic nitrogens is 3. The number of pyridine rings is 1. The second-order valence-corrected chi connectivity index (χ2v) is 4.61. The Bertz CT molecular complexity index is 737. The summed E-state index contributed by atoms with van der Waals surface area (Å²) in [4.78, 5) is 13.4. The van der Waals surface area contributed by atoms with Crippen molar-refractivity contribution in [2.75, 3.05) is 6.54 Å². The van der Waals surface area contributed by atoms with E-state index in [1.165, 1.54) is 5.56 Å². The molecule has 2 aromatic heterocycles. The standard InChI is InChI=1S/C15H16N4/c1-2-10-3-4-13-11(7-10)8-12-9-17-14(5-6-16)19-15(12)18-13/h3-4,7-9H,2,5-6,16H2,1H3. The minimum Gasteiger partial charge on any atom is -0.330 e. The van der Waals surface area contributed by atoms with Gasteiger partial charge in [0, 0.05) is 23.4 Å². The zero-order valence-electron chi connectivity index (χ0n) is 10.9. The summed E-state index contributed by atoms with van der Waals surface area (Å²) in [5.74, 6) is 0.757. The van der Waals surface area contributed by atoms with E-state index in [1.54, 1.807) is 0 Å². The first kappa shape index (κ1) is 12.0. The lowest BCUT2D eigenvalue weighted by molar-refractivity contribution is 0.876. The van der Waals surface area contributed by atoms with Gasteiger partial charge in [-0.05, 0) is 36.7 Å². The number of fused-ring (bicyclic) bond motifs is 2. The second-order valence-electron chi connectivity index (χ2n) is 4.61. The summed E-state index contributed by atoms with van der Waals surface area (Å²) in [6, 6.07) is 8.44. The topological polar surface area (TPSA) is 64.7 Å². The van der Waals surface area contributed by atoms with Gasteiger partial charge in [-0.15, -0.1) is 0 Å². The van der Waals surface area contributed by atoms with Crippen LogP contribution in [-0.2, 0) is 12.8 Å². The fraction of sp³-hybridized carbons (Fsp3) is 0.267. The smallest absolute Gasteiger partial charge is 0.163 e. The average molecular weight is 252 g/mol. The van der Waals surface area contributed by atoms with Gasteiger partial charge in [0.1, 0.15) is 5.82 Å². The normalized spacial score (nSPS) is 11.3. The molecule has 0 unspecified atom stereocenters. The third-order valence-corrected chi connectivity index (χ3v) is 3.25. The van der Waals surface area contributed by atoms with E-state index in [-0.39, 0.29) is 0 Å². The van der Waals surface area contributed by atoms with E-state index in [2.05, 4.69) is 46.1 Å². The molecule has 0 fully saturated rings. The van der Waals surface area contributed by atoms with Gasteiger partial charge in [0.2, 0.25) is 0 Å². The van der Waals surface area contributed by atoms with E-state index < -0.39 is 0 Å². The molecule has 1 aromatic carbocycles. The molecule has 0 amide bonds. The molecule has 4 heteroatoms. The molecule has 0 aliphatic carbocycles. The van der Waals surface area contributed by atoms with Gasteiger partial charge in [0.15, 0.2) is 5.65 Å². The van der Waals surface area contributed by atoms with E-state index in [0.29, 0.717) is 13.0 Å². The van der Waals surface area contributed by atoms with Crippen molar-refractivity contribution in [1.82, 2.24) is 15.0 Å². The molecule has 3 aromatic rings. The lowest BCUT2D eigenvalue weighted by Crippen LogP contribution is -2.06. The van der Waals surface area contributed by atoms with Crippen LogP contribution in [0.25, 0.3) is 21.9 Å². The molecule has 2 N–H and O–H groups in total. The van der Waals surface area contributed by atoms with Crippen LogP contribution in [0.1, 0.15) is 18.3 Å². The Labute approximate surface area is 111 Å². The van der Waals surface area contributed by atoms with Crippen LogP contribution < -0.4 is 5.73 Å². The number of rotatable bonds is 3. The first-order chi connectivity index (χ1) is 9.30. The molecule has 0 saturated heterocycles. The second kappa shape index (κ2) is 4.90. The highest BCUT2D eigenvalue weighted by Gasteiger charge is 2.04. The zero-order valence-corrected chi connectivity index (χ0v) is 10.9. The zero-order chi connectivity index (χ0) is 13.2. The minimum absolute atomic E-state index is 0.555. The molecule has 19 heavy (non-hydrogen) atoms. The van der Waals surface area contributed by atoms with Crippen LogP contribution in [0.4, 0.5) is 0 Å². The number of benzene rings is 1. The monoisotopic (exact) mass is 252 g/mol. The highest BCUT2D eigenvalue weighted by molar-refractivity contribution is 5.90. The van der Waals surface area contributed by atoms with Crippen LogP contribution in [-0.4, -0.2) is 21.5 Å². The van der Waals surface area contributed by atoms with E-state index in [0.717, 1.165) is 34.2 Å². The summed E-state index contributed by atoms with van der Waals surface area (Å²) in [5.41, 5.74) is 8.56. The quantitative estimate of drug-likeness (QED) is 0.726. The van der Waals surface area contributed by atoms with Crippen molar-refractivity contribution in [3.8, 4) is 0 Å². The number of aryl methyl sites for hydroxylation is 1. The molecule has 3 rings (SSSR count). The largest absolute Gasteiger partial charge is 0.330 e. The van der Waals surface area contributed by atoms with Crippen molar-refractivity contribution in [2.24, 2.45) is 5.73 Å². The fourth-order valence-corrected chi connectivity index (χ4v) is 2.18. The van der Waals surface area contributed by atoms with Gasteiger partial charge in [-0.25, -0.2) is 15.0 Å². The Morgan fingerprint density at radius 1 is 1.11 bits per heavy atom. The summed E-state index contributed by atoms with van der Waals surface area (Å²) in [6.45, 7) is 2.71. The Kier molecular flexibility index (Phi) is 3.09. The highest BCUT2D eigenvalue weighted by Crippen LogP contribution is 2.19. The molecular formula is C15H16N4. The molecule has 0 bridgehead atoms. The van der Waals surface area contributed by atoms with Crippen molar-refractivity contribution >= 4 is 21.9 Å². The number of nitrogens with two attached hydrogens (primary N) is 1. The minimum atomic E-state index is 0.555. The van der Waals surface area contributed by atoms with E-state index in [4.69, 9.17) is 5.73 Å². The maximum Gasteiger partial charge on any atom is 0.163 e. The number of nitrogens with zero attached hydrogens (tertiary/aromatic N) is 3. The Hall–Kier alpha value is -2.07. The molecule has 4 nitrogen and oxygen atoms in total. The predicted molar refractivity (Wildman–Crippen MR) is 77.0 cm³/mol. The van der Waals surface area contributed by atoms with E-state index in [9.17, 15) is 0 Å². The van der Waals surface area contributed by atoms with Crippen molar-refractivity contribution < 1.29 is 0 Å². The first-order valence-corrected chi connectivity index (χ1v) is 6.55. The number of hydrogen-bond acceptors (Lipinski definition) is 4. The molecule has 96 valence electrons. The van der Waals surface area contributed by atoms with Crippen LogP contribution in [0, 0.1) is 0 Å². The van der Waals surface area contributed by atoms with Crippen LogP contribution in [0.2, 0.25) is 0 Å². The Balaban J connectivity index is 2.19. The van der Waals surface area contributed by atoms with E-state index >= 15 is 0 Å². The molecule has 0 spiro atoms. The van der Waals surface area contributed by atoms with Crippen LogP contribution in [0.5, 0.6) is 0 Å². The lowest BCUT2D eigenvalue weighted by atomic mass is 10.1. The fourth-order valence-electron chi connectivity index (χ4n) is 2.18. The molecular weight excluding hydrogens is 236 g/mol. The first-order valence-electron chi connectivity index (χ1n) is 6.55. The summed E-state index contributed by atoms with van der Waals surface area (Å²) in [5, 5.41) is 2.11. The highest BCUT2D eigenvalue weighted by atomic mass is 14.9. The molecule has 0 atom stereocenters. The number of hydrogen-bond donors (Lipinski definition) is 1. The maximum absolute atomic E-state index is 5.53. The van der Waals surface area contributed by atoms with Crippen LogP contribution >= 0.6 is 0 Å². The lowest BCUT2D eigenvalue weighted by Gasteiger charge is -2.04. The third kappa shape index (κ3) is 2.27. The Morgan fingerprint density at radius 2 is 2.00 bits per heavy atom. The van der Waals surface area contributed by atoms with Gasteiger partial charge >= 0.3 is 0 Å². The third-order valence-electron chi connectivity index (χ3n) is 3.25. The van der Waals surface area contributed by atoms with Crippen molar-refractivity contribution in [1.29, 1.82) is 0 Å². The van der Waals surface area contributed by atoms with Crippen molar-refractivity contribution in [3.05, 3.63) is 41.9 Å². The van der Waals surface area contributed by atoms with Crippen molar-refractivity contribution in [3.63, 3.8) is 0 Å². The summed E-state index contributed by atoms with van der Waals surface area (Å²) in [6.07, 6.45) is 3.54. The van der Waals surface area contributed by atoms with Gasteiger partial charge in [-0.2, -0.15) is 0 Å². The molecule has 0 radical (unpaired) electrons. The summed E-state index contributed by atoms with van der Waals surface area (Å²) in [7, 11) is 0. The van der Waals surface area contributed by atoms with Gasteiger partial charge in [-0.3, -0.25) is 0 Å². The summed E-state index contributed by atoms with van der Waals surface area (Å²) < 4.78 is 0. The SMILES string of the molecule is CCc1ccc2nc3nc(CCN)ncc3cc2c1. The predicted octanol–water partition coefficient (Wildman–Crippen LogP) is 2.24. The van der Waals surface area contributed by atoms with Crippen LogP contribution in [0.15, 0.2) is 30.5 Å². The summed E-state index contributed by atoms with van der Waals surface area (Å²) >= 11 is 0. The van der Waals surface area contributed by atoms with Crippen molar-refractivity contribution in [2.45, 2.75) is 19.8 Å². The van der Waals surface area contributed by atoms with Gasteiger partial charge in [0.25, 0.3) is 0 Å². The Morgan fingerprint density at radius 3 is 2.79 bits per heavy atom. The van der Waals surface area contributed by atoms with Gasteiger partial charge < -0.3 is 5.73 Å².